The standard InChI is InChI=1S/C17H19NO2S2/c1-20-14-6-8-15(9-7-14)22-12-17(19)18(13-4-5-13)11-16-3-2-10-21-16/h2-3,6-10,13H,4-5,11-12H2,1H3. The van der Waals surface area contributed by atoms with Crippen molar-refractivity contribution < 1.29 is 9.53 Å². The number of rotatable bonds is 7. The van der Waals surface area contributed by atoms with E-state index in [0.29, 0.717) is 11.8 Å². The zero-order valence-electron chi connectivity index (χ0n) is 12.5. The molecule has 0 bridgehead atoms. The highest BCUT2D eigenvalue weighted by Gasteiger charge is 2.32. The van der Waals surface area contributed by atoms with Crippen LogP contribution in [-0.2, 0) is 11.3 Å². The average Bonchev–Trinajstić information content (AvgIpc) is 3.27. The number of amides is 1. The highest BCUT2D eigenvalue weighted by atomic mass is 32.2. The number of carbonyl (C=O) groups excluding carboxylic acids is 1. The van der Waals surface area contributed by atoms with Crippen LogP contribution in [0.4, 0.5) is 0 Å². The number of carbonyl (C=O) groups is 1. The van der Waals surface area contributed by atoms with Crippen molar-refractivity contribution in [2.75, 3.05) is 12.9 Å². The minimum absolute atomic E-state index is 0.233. The molecule has 2 aromatic rings. The largest absolute Gasteiger partial charge is 0.497 e. The molecule has 1 saturated carbocycles. The van der Waals surface area contributed by atoms with Gasteiger partial charge in [-0.3, -0.25) is 4.79 Å². The molecule has 0 spiro atoms. The van der Waals surface area contributed by atoms with Crippen LogP contribution in [0.25, 0.3) is 0 Å². The molecule has 1 aliphatic carbocycles. The number of hydrogen-bond donors (Lipinski definition) is 0. The molecule has 0 saturated heterocycles. The number of benzene rings is 1. The lowest BCUT2D eigenvalue weighted by atomic mass is 10.3. The minimum atomic E-state index is 0.233. The van der Waals surface area contributed by atoms with Crippen LogP contribution < -0.4 is 4.74 Å². The van der Waals surface area contributed by atoms with Crippen molar-refractivity contribution in [2.45, 2.75) is 30.3 Å². The van der Waals surface area contributed by atoms with Crippen LogP contribution in [-0.4, -0.2) is 29.7 Å². The summed E-state index contributed by atoms with van der Waals surface area (Å²) in [7, 11) is 1.66. The van der Waals surface area contributed by atoms with Crippen molar-refractivity contribution in [1.29, 1.82) is 0 Å². The third-order valence-electron chi connectivity index (χ3n) is 3.64. The van der Waals surface area contributed by atoms with Crippen LogP contribution in [0.15, 0.2) is 46.7 Å². The van der Waals surface area contributed by atoms with Gasteiger partial charge >= 0.3 is 0 Å². The monoisotopic (exact) mass is 333 g/mol. The first-order valence-corrected chi connectivity index (χ1v) is 9.21. The van der Waals surface area contributed by atoms with Crippen LogP contribution in [0.2, 0.25) is 0 Å². The van der Waals surface area contributed by atoms with Gasteiger partial charge in [-0.05, 0) is 48.6 Å². The third kappa shape index (κ3) is 4.05. The molecule has 1 aromatic carbocycles. The number of thiophene rings is 1. The first-order chi connectivity index (χ1) is 10.8. The summed E-state index contributed by atoms with van der Waals surface area (Å²) in [5.41, 5.74) is 0. The fraction of sp³-hybridized carbons (Fsp3) is 0.353. The molecule has 22 heavy (non-hydrogen) atoms. The Morgan fingerprint density at radius 1 is 1.32 bits per heavy atom. The van der Waals surface area contributed by atoms with Gasteiger partial charge in [-0.1, -0.05) is 6.07 Å². The van der Waals surface area contributed by atoms with Crippen LogP contribution >= 0.6 is 23.1 Å². The van der Waals surface area contributed by atoms with Gasteiger partial charge in [0.25, 0.3) is 0 Å². The van der Waals surface area contributed by atoms with Crippen molar-refractivity contribution in [3.8, 4) is 5.75 Å². The molecule has 1 fully saturated rings. The molecular weight excluding hydrogens is 314 g/mol. The average molecular weight is 333 g/mol. The van der Waals surface area contributed by atoms with E-state index in [1.807, 2.05) is 35.2 Å². The number of thioether (sulfide) groups is 1. The molecule has 1 amide bonds. The lowest BCUT2D eigenvalue weighted by molar-refractivity contribution is -0.129. The second-order valence-corrected chi connectivity index (χ2v) is 7.38. The van der Waals surface area contributed by atoms with Gasteiger partial charge in [0.2, 0.25) is 5.91 Å². The van der Waals surface area contributed by atoms with Gasteiger partial charge in [0.05, 0.1) is 19.4 Å². The number of hydrogen-bond acceptors (Lipinski definition) is 4. The van der Waals surface area contributed by atoms with E-state index in [1.54, 1.807) is 30.2 Å². The Hall–Kier alpha value is -1.46. The first-order valence-electron chi connectivity index (χ1n) is 7.35. The maximum atomic E-state index is 12.5. The normalized spacial score (nSPS) is 13.9. The fourth-order valence-electron chi connectivity index (χ4n) is 2.28. The second-order valence-electron chi connectivity index (χ2n) is 5.30. The van der Waals surface area contributed by atoms with Crippen molar-refractivity contribution in [1.82, 2.24) is 4.90 Å². The van der Waals surface area contributed by atoms with E-state index in [0.717, 1.165) is 30.0 Å². The lowest BCUT2D eigenvalue weighted by Crippen LogP contribution is -2.33. The molecule has 0 unspecified atom stereocenters. The van der Waals surface area contributed by atoms with Gasteiger partial charge in [-0.2, -0.15) is 0 Å². The van der Waals surface area contributed by atoms with Crippen LogP contribution in [0.3, 0.4) is 0 Å². The fourth-order valence-corrected chi connectivity index (χ4v) is 3.76. The van der Waals surface area contributed by atoms with Gasteiger partial charge in [-0.15, -0.1) is 23.1 Å². The van der Waals surface area contributed by atoms with Gasteiger partial charge in [0, 0.05) is 15.8 Å². The summed E-state index contributed by atoms with van der Waals surface area (Å²) in [5.74, 6) is 1.57. The minimum Gasteiger partial charge on any atom is -0.497 e. The highest BCUT2D eigenvalue weighted by molar-refractivity contribution is 8.00. The van der Waals surface area contributed by atoms with Crippen molar-refractivity contribution in [3.05, 3.63) is 46.7 Å². The first kappa shape index (κ1) is 15.4. The zero-order valence-corrected chi connectivity index (χ0v) is 14.2. The molecule has 116 valence electrons. The van der Waals surface area contributed by atoms with Gasteiger partial charge in [-0.25, -0.2) is 0 Å². The quantitative estimate of drug-likeness (QED) is 0.716. The van der Waals surface area contributed by atoms with Crippen LogP contribution in [0, 0.1) is 0 Å². The van der Waals surface area contributed by atoms with E-state index in [4.69, 9.17) is 4.74 Å². The SMILES string of the molecule is COc1ccc(SCC(=O)N(Cc2cccs2)C2CC2)cc1. The number of methoxy groups -OCH3 is 1. The Kier molecular flexibility index (Phi) is 5.05. The Bertz CT molecular complexity index is 606. The highest BCUT2D eigenvalue weighted by Crippen LogP contribution is 2.30. The lowest BCUT2D eigenvalue weighted by Gasteiger charge is -2.21. The molecule has 3 nitrogen and oxygen atoms in total. The molecular formula is C17H19NO2S2. The second kappa shape index (κ2) is 7.20. The van der Waals surface area contributed by atoms with E-state index >= 15 is 0 Å². The molecule has 1 aliphatic rings. The molecule has 5 heteroatoms. The zero-order chi connectivity index (χ0) is 15.4. The number of ether oxygens (including phenoxy) is 1. The number of nitrogens with zero attached hydrogens (tertiary/aromatic N) is 1. The predicted octanol–water partition coefficient (Wildman–Crippen LogP) is 4.04. The Balaban J connectivity index is 1.56. The maximum Gasteiger partial charge on any atom is 0.233 e. The Labute approximate surface area is 139 Å². The molecule has 0 radical (unpaired) electrons. The van der Waals surface area contributed by atoms with Gasteiger partial charge in [0.1, 0.15) is 5.75 Å². The summed E-state index contributed by atoms with van der Waals surface area (Å²) in [5, 5.41) is 2.07. The molecule has 1 heterocycles. The Morgan fingerprint density at radius 2 is 2.09 bits per heavy atom. The molecule has 0 atom stereocenters. The molecule has 0 aliphatic heterocycles. The van der Waals surface area contributed by atoms with E-state index < -0.39 is 0 Å². The molecule has 1 aromatic heterocycles. The summed E-state index contributed by atoms with van der Waals surface area (Å²) >= 11 is 3.31. The summed E-state index contributed by atoms with van der Waals surface area (Å²) in [6.07, 6.45) is 2.29. The summed E-state index contributed by atoms with van der Waals surface area (Å²) in [6, 6.07) is 12.4. The van der Waals surface area contributed by atoms with E-state index in [1.165, 1.54) is 4.88 Å². The third-order valence-corrected chi connectivity index (χ3v) is 5.49. The maximum absolute atomic E-state index is 12.5. The smallest absolute Gasteiger partial charge is 0.233 e. The van der Waals surface area contributed by atoms with E-state index in [2.05, 4.69) is 11.4 Å². The van der Waals surface area contributed by atoms with Gasteiger partial charge in [0.15, 0.2) is 0 Å². The summed E-state index contributed by atoms with van der Waals surface area (Å²) in [4.78, 5) is 16.9. The van der Waals surface area contributed by atoms with Gasteiger partial charge < -0.3 is 9.64 Å². The van der Waals surface area contributed by atoms with Crippen molar-refractivity contribution >= 4 is 29.0 Å². The van der Waals surface area contributed by atoms with E-state index in [9.17, 15) is 4.79 Å². The molecule has 0 N–H and O–H groups in total. The van der Waals surface area contributed by atoms with Crippen LogP contribution in [0.1, 0.15) is 17.7 Å². The van der Waals surface area contributed by atoms with E-state index in [-0.39, 0.29) is 5.91 Å². The Morgan fingerprint density at radius 3 is 2.68 bits per heavy atom. The van der Waals surface area contributed by atoms with Crippen molar-refractivity contribution in [3.63, 3.8) is 0 Å². The van der Waals surface area contributed by atoms with Crippen molar-refractivity contribution in [2.24, 2.45) is 0 Å². The summed E-state index contributed by atoms with van der Waals surface area (Å²) in [6.45, 7) is 0.754. The van der Waals surface area contributed by atoms with Crippen LogP contribution in [0.5, 0.6) is 5.75 Å². The molecule has 3 rings (SSSR count). The summed E-state index contributed by atoms with van der Waals surface area (Å²) < 4.78 is 5.15. The predicted molar refractivity (Wildman–Crippen MR) is 91.6 cm³/mol. The topological polar surface area (TPSA) is 29.5 Å².